The Bertz CT molecular complexity index is 508. The van der Waals surface area contributed by atoms with Gasteiger partial charge in [-0.05, 0) is 18.6 Å². The fourth-order valence-corrected chi connectivity index (χ4v) is 2.37. The first kappa shape index (κ1) is 13.3. The number of carbonyl (C=O) groups excluding carboxylic acids is 1. The first-order valence-electron chi connectivity index (χ1n) is 6.24. The van der Waals surface area contributed by atoms with Crippen molar-refractivity contribution in [2.45, 2.75) is 13.8 Å². The van der Waals surface area contributed by atoms with E-state index in [1.807, 2.05) is 11.8 Å². The number of hydrogen-bond acceptors (Lipinski definition) is 4. The molecule has 1 aromatic rings. The van der Waals surface area contributed by atoms with Crippen LogP contribution in [0.15, 0.2) is 18.2 Å². The Labute approximate surface area is 111 Å². The van der Waals surface area contributed by atoms with E-state index in [2.05, 4.69) is 4.90 Å². The summed E-state index contributed by atoms with van der Waals surface area (Å²) in [4.78, 5) is 25.6. The van der Waals surface area contributed by atoms with Crippen molar-refractivity contribution in [2.75, 3.05) is 31.1 Å². The van der Waals surface area contributed by atoms with E-state index >= 15 is 0 Å². The highest BCUT2D eigenvalue weighted by molar-refractivity contribution is 5.73. The van der Waals surface area contributed by atoms with Crippen molar-refractivity contribution in [3.05, 3.63) is 33.9 Å². The summed E-state index contributed by atoms with van der Waals surface area (Å²) in [7, 11) is 0. The molecule has 19 heavy (non-hydrogen) atoms. The predicted molar refractivity (Wildman–Crippen MR) is 72.3 cm³/mol. The number of rotatable bonds is 2. The number of amides is 1. The van der Waals surface area contributed by atoms with E-state index in [1.54, 1.807) is 19.1 Å². The number of hydrogen-bond donors (Lipinski definition) is 0. The van der Waals surface area contributed by atoms with Gasteiger partial charge < -0.3 is 9.80 Å². The Morgan fingerprint density at radius 1 is 1.26 bits per heavy atom. The highest BCUT2D eigenvalue weighted by Gasteiger charge is 2.20. The van der Waals surface area contributed by atoms with Gasteiger partial charge in [0.05, 0.1) is 4.92 Å². The second-order valence-corrected chi connectivity index (χ2v) is 4.72. The maximum atomic E-state index is 11.3. The van der Waals surface area contributed by atoms with Gasteiger partial charge in [-0.3, -0.25) is 14.9 Å². The molecule has 1 saturated heterocycles. The zero-order chi connectivity index (χ0) is 14.0. The summed E-state index contributed by atoms with van der Waals surface area (Å²) in [5.41, 5.74) is 2.02. The highest BCUT2D eigenvalue weighted by Crippen LogP contribution is 2.25. The zero-order valence-electron chi connectivity index (χ0n) is 11.1. The molecule has 1 fully saturated rings. The summed E-state index contributed by atoms with van der Waals surface area (Å²) in [6.07, 6.45) is 0. The summed E-state index contributed by atoms with van der Waals surface area (Å²) < 4.78 is 0. The third-order valence-electron chi connectivity index (χ3n) is 3.46. The van der Waals surface area contributed by atoms with Crippen LogP contribution >= 0.6 is 0 Å². The van der Waals surface area contributed by atoms with Crippen LogP contribution < -0.4 is 4.90 Å². The third-order valence-corrected chi connectivity index (χ3v) is 3.46. The monoisotopic (exact) mass is 263 g/mol. The van der Waals surface area contributed by atoms with Gasteiger partial charge in [-0.2, -0.15) is 0 Å². The summed E-state index contributed by atoms with van der Waals surface area (Å²) in [5, 5.41) is 10.7. The van der Waals surface area contributed by atoms with Crippen molar-refractivity contribution in [2.24, 2.45) is 0 Å². The summed E-state index contributed by atoms with van der Waals surface area (Å²) >= 11 is 0. The van der Waals surface area contributed by atoms with E-state index in [0.29, 0.717) is 13.1 Å². The predicted octanol–water partition coefficient (Wildman–Crippen LogP) is 1.57. The lowest BCUT2D eigenvalue weighted by Gasteiger charge is -2.36. The maximum absolute atomic E-state index is 11.3. The van der Waals surface area contributed by atoms with Gasteiger partial charge in [0.1, 0.15) is 0 Å². The first-order valence-corrected chi connectivity index (χ1v) is 6.24. The molecule has 0 atom stereocenters. The van der Waals surface area contributed by atoms with Crippen LogP contribution in [0.4, 0.5) is 11.4 Å². The molecule has 1 aliphatic rings. The Kier molecular flexibility index (Phi) is 3.69. The van der Waals surface area contributed by atoms with E-state index in [0.717, 1.165) is 24.3 Å². The van der Waals surface area contributed by atoms with E-state index in [-0.39, 0.29) is 16.5 Å². The SMILES string of the molecule is CC(=O)N1CCN(c2ccc([N+](=O)[O-])cc2C)CC1. The zero-order valence-corrected chi connectivity index (χ0v) is 11.1. The number of nitro benzene ring substituents is 1. The number of nitro groups is 1. The molecule has 6 nitrogen and oxygen atoms in total. The molecule has 2 rings (SSSR count). The molecule has 1 aromatic carbocycles. The van der Waals surface area contributed by atoms with Crippen LogP contribution in [-0.2, 0) is 4.79 Å². The van der Waals surface area contributed by atoms with E-state index in [4.69, 9.17) is 0 Å². The van der Waals surface area contributed by atoms with Gasteiger partial charge in [-0.1, -0.05) is 0 Å². The van der Waals surface area contributed by atoms with Crippen LogP contribution in [0, 0.1) is 17.0 Å². The van der Waals surface area contributed by atoms with Crippen molar-refractivity contribution < 1.29 is 9.72 Å². The molecule has 0 saturated carbocycles. The second-order valence-electron chi connectivity index (χ2n) is 4.72. The molecule has 0 radical (unpaired) electrons. The Hall–Kier alpha value is -2.11. The molecule has 1 amide bonds. The lowest BCUT2D eigenvalue weighted by molar-refractivity contribution is -0.384. The Morgan fingerprint density at radius 3 is 2.37 bits per heavy atom. The Balaban J connectivity index is 2.11. The molecule has 0 N–H and O–H groups in total. The highest BCUT2D eigenvalue weighted by atomic mass is 16.6. The molecule has 0 spiro atoms. The first-order chi connectivity index (χ1) is 8.99. The van der Waals surface area contributed by atoms with Gasteiger partial charge >= 0.3 is 0 Å². The lowest BCUT2D eigenvalue weighted by Crippen LogP contribution is -2.48. The van der Waals surface area contributed by atoms with Gasteiger partial charge in [-0.15, -0.1) is 0 Å². The number of anilines is 1. The lowest BCUT2D eigenvalue weighted by atomic mass is 10.1. The van der Waals surface area contributed by atoms with Crippen molar-refractivity contribution in [3.8, 4) is 0 Å². The molecule has 6 heteroatoms. The average molecular weight is 263 g/mol. The van der Waals surface area contributed by atoms with E-state index in [1.165, 1.54) is 6.07 Å². The fraction of sp³-hybridized carbons (Fsp3) is 0.462. The number of benzene rings is 1. The summed E-state index contributed by atoms with van der Waals surface area (Å²) in [5.74, 6) is 0.0973. The molecule has 0 bridgehead atoms. The number of non-ortho nitro benzene ring substituents is 1. The van der Waals surface area contributed by atoms with Crippen LogP contribution in [-0.4, -0.2) is 41.9 Å². The number of aryl methyl sites for hydroxylation is 1. The molecule has 0 unspecified atom stereocenters. The topological polar surface area (TPSA) is 66.7 Å². The second kappa shape index (κ2) is 5.26. The van der Waals surface area contributed by atoms with Crippen molar-refractivity contribution in [3.63, 3.8) is 0 Å². The van der Waals surface area contributed by atoms with Crippen molar-refractivity contribution >= 4 is 17.3 Å². The van der Waals surface area contributed by atoms with Crippen LogP contribution in [0.2, 0.25) is 0 Å². The fourth-order valence-electron chi connectivity index (χ4n) is 2.37. The van der Waals surface area contributed by atoms with Crippen LogP contribution in [0.3, 0.4) is 0 Å². The maximum Gasteiger partial charge on any atom is 0.269 e. The normalized spacial score (nSPS) is 15.5. The Morgan fingerprint density at radius 2 is 1.89 bits per heavy atom. The third kappa shape index (κ3) is 2.83. The van der Waals surface area contributed by atoms with Crippen molar-refractivity contribution in [1.29, 1.82) is 0 Å². The number of nitrogens with zero attached hydrogens (tertiary/aromatic N) is 3. The van der Waals surface area contributed by atoms with Gasteiger partial charge in [0.15, 0.2) is 0 Å². The smallest absolute Gasteiger partial charge is 0.269 e. The van der Waals surface area contributed by atoms with Gasteiger partial charge in [0, 0.05) is 50.9 Å². The average Bonchev–Trinajstić information content (AvgIpc) is 2.38. The molecule has 1 aliphatic heterocycles. The molecule has 0 aromatic heterocycles. The minimum absolute atomic E-state index is 0.0973. The number of carbonyl (C=O) groups is 1. The van der Waals surface area contributed by atoms with Crippen LogP contribution in [0.5, 0.6) is 0 Å². The minimum Gasteiger partial charge on any atom is -0.368 e. The molecular weight excluding hydrogens is 246 g/mol. The molecular formula is C13H17N3O3. The standard InChI is InChI=1S/C13H17N3O3/c1-10-9-12(16(18)19)3-4-13(10)15-7-5-14(6-8-15)11(2)17/h3-4,9H,5-8H2,1-2H3. The molecule has 0 aliphatic carbocycles. The summed E-state index contributed by atoms with van der Waals surface area (Å²) in [6.45, 7) is 6.38. The largest absolute Gasteiger partial charge is 0.368 e. The van der Waals surface area contributed by atoms with Gasteiger partial charge in [0.25, 0.3) is 5.69 Å². The van der Waals surface area contributed by atoms with Crippen molar-refractivity contribution in [1.82, 2.24) is 4.90 Å². The van der Waals surface area contributed by atoms with E-state index < -0.39 is 0 Å². The molecule has 102 valence electrons. The molecule has 1 heterocycles. The number of piperazine rings is 1. The van der Waals surface area contributed by atoms with Gasteiger partial charge in [0.2, 0.25) is 5.91 Å². The van der Waals surface area contributed by atoms with Crippen LogP contribution in [0.1, 0.15) is 12.5 Å². The summed E-state index contributed by atoms with van der Waals surface area (Å²) in [6, 6.07) is 4.91. The van der Waals surface area contributed by atoms with E-state index in [9.17, 15) is 14.9 Å². The van der Waals surface area contributed by atoms with Crippen LogP contribution in [0.25, 0.3) is 0 Å². The quantitative estimate of drug-likeness (QED) is 0.600. The van der Waals surface area contributed by atoms with Gasteiger partial charge in [-0.25, -0.2) is 0 Å². The minimum atomic E-state index is -0.384.